The van der Waals surface area contributed by atoms with E-state index in [0.29, 0.717) is 23.5 Å². The van der Waals surface area contributed by atoms with E-state index in [4.69, 9.17) is 4.74 Å². The second kappa shape index (κ2) is 6.65. The summed E-state index contributed by atoms with van der Waals surface area (Å²) in [5.41, 5.74) is 0.756. The average molecular weight is 324 g/mol. The third-order valence-electron chi connectivity index (χ3n) is 7.83. The van der Waals surface area contributed by atoms with Crippen molar-refractivity contribution in [2.24, 2.45) is 22.7 Å². The van der Waals surface area contributed by atoms with Crippen LogP contribution in [-0.4, -0.2) is 48.5 Å². The summed E-state index contributed by atoms with van der Waals surface area (Å²) in [4.78, 5) is 2.42. The molecule has 1 aliphatic heterocycles. The van der Waals surface area contributed by atoms with Gasteiger partial charge >= 0.3 is 0 Å². The third-order valence-corrected chi connectivity index (χ3v) is 7.83. The highest BCUT2D eigenvalue weighted by Gasteiger charge is 2.61. The number of aliphatic hydroxyl groups excluding tert-OH is 1. The van der Waals surface area contributed by atoms with E-state index in [0.717, 1.165) is 37.9 Å². The zero-order valence-electron chi connectivity index (χ0n) is 15.7. The molecule has 0 amide bonds. The van der Waals surface area contributed by atoms with Gasteiger partial charge in [0.1, 0.15) is 0 Å². The number of β-amino-alcohol motifs (C(OH)–C–C–N with tert-alkyl or cyclic N) is 1. The molecular weight excluding hydrogens is 286 g/mol. The first-order chi connectivity index (χ1) is 10.8. The predicted octanol–water partition coefficient (Wildman–Crippen LogP) is 3.70. The second-order valence-electron chi connectivity index (χ2n) is 9.40. The summed E-state index contributed by atoms with van der Waals surface area (Å²) >= 11 is 0. The first-order valence-electron chi connectivity index (χ1n) is 9.85. The quantitative estimate of drug-likeness (QED) is 0.809. The highest BCUT2D eigenvalue weighted by molar-refractivity contribution is 5.11. The van der Waals surface area contributed by atoms with E-state index in [9.17, 15) is 5.11 Å². The molecular formula is C20H37NO2. The van der Waals surface area contributed by atoms with Crippen LogP contribution in [0.1, 0.15) is 66.2 Å². The Bertz CT molecular complexity index is 402. The molecule has 1 saturated heterocycles. The van der Waals surface area contributed by atoms with Crippen LogP contribution in [0.2, 0.25) is 0 Å². The van der Waals surface area contributed by atoms with Crippen LogP contribution in [0.4, 0.5) is 0 Å². The van der Waals surface area contributed by atoms with Crippen LogP contribution in [0, 0.1) is 22.7 Å². The summed E-state index contributed by atoms with van der Waals surface area (Å²) < 4.78 is 6.27. The van der Waals surface area contributed by atoms with E-state index < -0.39 is 0 Å². The Hall–Kier alpha value is -0.120. The van der Waals surface area contributed by atoms with Gasteiger partial charge in [0, 0.05) is 13.2 Å². The second-order valence-corrected chi connectivity index (χ2v) is 9.40. The maximum absolute atomic E-state index is 10.3. The molecule has 0 aromatic rings. The number of hydrogen-bond donors (Lipinski definition) is 1. The average Bonchev–Trinajstić information content (AvgIpc) is 2.83. The number of likely N-dealkylation sites (tertiary alicyclic amines) is 1. The van der Waals surface area contributed by atoms with E-state index in [2.05, 4.69) is 32.6 Å². The van der Waals surface area contributed by atoms with Crippen LogP contribution in [0.5, 0.6) is 0 Å². The summed E-state index contributed by atoms with van der Waals surface area (Å²) in [5.74, 6) is 1.69. The molecule has 2 saturated carbocycles. The zero-order valence-corrected chi connectivity index (χ0v) is 15.7. The van der Waals surface area contributed by atoms with Crippen molar-refractivity contribution in [3.8, 4) is 0 Å². The lowest BCUT2D eigenvalue weighted by molar-refractivity contribution is -0.0568. The normalized spacial score (nSPS) is 39.0. The number of nitrogens with zero attached hydrogens (tertiary/aromatic N) is 1. The fourth-order valence-corrected chi connectivity index (χ4v) is 5.36. The Morgan fingerprint density at radius 2 is 1.87 bits per heavy atom. The number of hydrogen-bond acceptors (Lipinski definition) is 3. The van der Waals surface area contributed by atoms with Gasteiger partial charge in [-0.1, -0.05) is 27.7 Å². The number of aliphatic hydroxyl groups is 1. The van der Waals surface area contributed by atoms with Gasteiger partial charge in [0.15, 0.2) is 0 Å². The Balaban J connectivity index is 1.39. The largest absolute Gasteiger partial charge is 0.392 e. The molecule has 23 heavy (non-hydrogen) atoms. The summed E-state index contributed by atoms with van der Waals surface area (Å²) in [7, 11) is 0. The standard InChI is InChI=1S/C20H37NO2/c1-15-6-10-21(11-7-15)14-17(22)8-12-23-18-13-16-5-9-20(18,4)19(16,2)3/h15-18,22H,5-14H2,1-4H3/t16-,17+,18+,20-/m1/s1. The van der Waals surface area contributed by atoms with Crippen molar-refractivity contribution in [3.05, 3.63) is 0 Å². The molecule has 0 unspecified atom stereocenters. The van der Waals surface area contributed by atoms with Crippen LogP contribution in [-0.2, 0) is 4.74 Å². The van der Waals surface area contributed by atoms with Crippen molar-refractivity contribution in [1.29, 1.82) is 0 Å². The van der Waals surface area contributed by atoms with Crippen molar-refractivity contribution < 1.29 is 9.84 Å². The number of ether oxygens (including phenoxy) is 1. The van der Waals surface area contributed by atoms with Crippen molar-refractivity contribution in [2.75, 3.05) is 26.2 Å². The molecule has 3 heteroatoms. The molecule has 3 rings (SSSR count). The molecule has 0 radical (unpaired) electrons. The fourth-order valence-electron chi connectivity index (χ4n) is 5.36. The lowest BCUT2D eigenvalue weighted by Gasteiger charge is -2.39. The van der Waals surface area contributed by atoms with E-state index >= 15 is 0 Å². The molecule has 4 atom stereocenters. The van der Waals surface area contributed by atoms with Crippen LogP contribution < -0.4 is 0 Å². The number of piperidine rings is 1. The number of rotatable bonds is 6. The van der Waals surface area contributed by atoms with E-state index in [1.165, 1.54) is 32.1 Å². The summed E-state index contributed by atoms with van der Waals surface area (Å²) in [6.45, 7) is 13.5. The van der Waals surface area contributed by atoms with E-state index in [1.54, 1.807) is 0 Å². The molecule has 0 aromatic heterocycles. The van der Waals surface area contributed by atoms with Gasteiger partial charge in [0.2, 0.25) is 0 Å². The highest BCUT2D eigenvalue weighted by Crippen LogP contribution is 2.66. The molecule has 1 N–H and O–H groups in total. The smallest absolute Gasteiger partial charge is 0.0689 e. The zero-order chi connectivity index (χ0) is 16.7. The Morgan fingerprint density at radius 3 is 2.43 bits per heavy atom. The minimum atomic E-state index is -0.234. The maximum Gasteiger partial charge on any atom is 0.0689 e. The van der Waals surface area contributed by atoms with Gasteiger partial charge in [-0.15, -0.1) is 0 Å². The third kappa shape index (κ3) is 3.34. The molecule has 3 aliphatic rings. The minimum absolute atomic E-state index is 0.234. The number of fused-ring (bicyclic) bond motifs is 2. The first kappa shape index (κ1) is 17.7. The van der Waals surface area contributed by atoms with Crippen LogP contribution in [0.3, 0.4) is 0 Å². The molecule has 0 spiro atoms. The van der Waals surface area contributed by atoms with Crippen LogP contribution in [0.15, 0.2) is 0 Å². The maximum atomic E-state index is 10.3. The van der Waals surface area contributed by atoms with Crippen molar-refractivity contribution >= 4 is 0 Å². The van der Waals surface area contributed by atoms with Gasteiger partial charge in [-0.05, 0) is 74.3 Å². The Kier molecular flexibility index (Phi) is 5.11. The Labute approximate surface area is 142 Å². The van der Waals surface area contributed by atoms with Crippen molar-refractivity contribution in [2.45, 2.75) is 78.4 Å². The van der Waals surface area contributed by atoms with Gasteiger partial charge in [-0.2, -0.15) is 0 Å². The van der Waals surface area contributed by atoms with E-state index in [1.807, 2.05) is 0 Å². The minimum Gasteiger partial charge on any atom is -0.392 e. The molecule has 3 nitrogen and oxygen atoms in total. The van der Waals surface area contributed by atoms with Gasteiger partial charge in [-0.3, -0.25) is 0 Å². The fraction of sp³-hybridized carbons (Fsp3) is 1.00. The summed E-state index contributed by atoms with van der Waals surface area (Å²) in [5, 5.41) is 10.3. The summed E-state index contributed by atoms with van der Waals surface area (Å²) in [6, 6.07) is 0. The summed E-state index contributed by atoms with van der Waals surface area (Å²) in [6.07, 6.45) is 7.42. The van der Waals surface area contributed by atoms with E-state index in [-0.39, 0.29) is 6.10 Å². The van der Waals surface area contributed by atoms with Crippen LogP contribution >= 0.6 is 0 Å². The molecule has 2 bridgehead atoms. The monoisotopic (exact) mass is 323 g/mol. The van der Waals surface area contributed by atoms with Gasteiger partial charge < -0.3 is 14.7 Å². The first-order valence-corrected chi connectivity index (χ1v) is 9.85. The lowest BCUT2D eigenvalue weighted by atomic mass is 9.70. The molecule has 2 aliphatic carbocycles. The molecule has 3 fully saturated rings. The van der Waals surface area contributed by atoms with Crippen molar-refractivity contribution in [1.82, 2.24) is 4.90 Å². The van der Waals surface area contributed by atoms with Gasteiger partial charge in [0.25, 0.3) is 0 Å². The highest BCUT2D eigenvalue weighted by atomic mass is 16.5. The molecule has 134 valence electrons. The Morgan fingerprint density at radius 1 is 1.17 bits per heavy atom. The van der Waals surface area contributed by atoms with Crippen LogP contribution in [0.25, 0.3) is 0 Å². The predicted molar refractivity (Wildman–Crippen MR) is 94.4 cm³/mol. The topological polar surface area (TPSA) is 32.7 Å². The van der Waals surface area contributed by atoms with Gasteiger partial charge in [-0.25, -0.2) is 0 Å². The SMILES string of the molecule is CC1CCN(C[C@@H](O)CCO[C@H]2C[C@H]3CC[C@@]2(C)C3(C)C)CC1. The van der Waals surface area contributed by atoms with Gasteiger partial charge in [0.05, 0.1) is 12.2 Å². The molecule has 0 aromatic carbocycles. The lowest BCUT2D eigenvalue weighted by Crippen LogP contribution is -2.40. The van der Waals surface area contributed by atoms with Crippen molar-refractivity contribution in [3.63, 3.8) is 0 Å². The molecule has 1 heterocycles.